The van der Waals surface area contributed by atoms with Crippen LogP contribution in [-0.2, 0) is 24.5 Å². The molecule has 0 atom stereocenters. The fourth-order valence-electron chi connectivity index (χ4n) is 1.65. The summed E-state index contributed by atoms with van der Waals surface area (Å²) in [6.07, 6.45) is 0. The molecule has 0 spiro atoms. The van der Waals surface area contributed by atoms with Gasteiger partial charge in [-0.25, -0.2) is 8.78 Å². The molecule has 2 N–H and O–H groups in total. The van der Waals surface area contributed by atoms with E-state index in [2.05, 4.69) is 5.16 Å². The van der Waals surface area contributed by atoms with E-state index in [0.29, 0.717) is 17.0 Å². The summed E-state index contributed by atoms with van der Waals surface area (Å²) >= 11 is 0. The van der Waals surface area contributed by atoms with Crippen LogP contribution in [0.2, 0.25) is 0 Å². The summed E-state index contributed by atoms with van der Waals surface area (Å²) in [4.78, 5) is 0. The fraction of sp³-hybridized carbons (Fsp3) is 0.308. The SMILES string of the molecule is COCc1cc(COc2c(F)cc(CN)cc2F)no1. The van der Waals surface area contributed by atoms with Gasteiger partial charge in [-0.2, -0.15) is 0 Å². The minimum absolute atomic E-state index is 0.0534. The highest BCUT2D eigenvalue weighted by Gasteiger charge is 2.13. The van der Waals surface area contributed by atoms with E-state index in [1.807, 2.05) is 0 Å². The van der Waals surface area contributed by atoms with Crippen LogP contribution in [0.25, 0.3) is 0 Å². The molecule has 1 aromatic heterocycles. The fourth-order valence-corrected chi connectivity index (χ4v) is 1.65. The summed E-state index contributed by atoms with van der Waals surface area (Å²) in [5.41, 5.74) is 6.10. The van der Waals surface area contributed by atoms with Crippen LogP contribution >= 0.6 is 0 Å². The Morgan fingerprint density at radius 2 is 1.90 bits per heavy atom. The molecule has 2 aromatic rings. The van der Waals surface area contributed by atoms with E-state index in [0.717, 1.165) is 12.1 Å². The van der Waals surface area contributed by atoms with Gasteiger partial charge in [-0.15, -0.1) is 0 Å². The molecule has 108 valence electrons. The zero-order chi connectivity index (χ0) is 14.5. The Morgan fingerprint density at radius 3 is 2.50 bits per heavy atom. The lowest BCUT2D eigenvalue weighted by atomic mass is 10.2. The van der Waals surface area contributed by atoms with E-state index in [4.69, 9.17) is 19.7 Å². The normalized spacial score (nSPS) is 10.8. The predicted octanol–water partition coefficient (Wildman–Crippen LogP) is 2.14. The molecular formula is C13H14F2N2O3. The molecular weight excluding hydrogens is 270 g/mol. The number of ether oxygens (including phenoxy) is 2. The van der Waals surface area contributed by atoms with E-state index in [9.17, 15) is 8.78 Å². The Balaban J connectivity index is 2.06. The highest BCUT2D eigenvalue weighted by Crippen LogP contribution is 2.24. The molecule has 0 fully saturated rings. The van der Waals surface area contributed by atoms with E-state index in [1.165, 1.54) is 7.11 Å². The van der Waals surface area contributed by atoms with Gasteiger partial charge in [0.1, 0.15) is 18.9 Å². The first-order valence-corrected chi connectivity index (χ1v) is 5.88. The summed E-state index contributed by atoms with van der Waals surface area (Å²) in [6.45, 7) is 0.210. The monoisotopic (exact) mass is 284 g/mol. The predicted molar refractivity (Wildman–Crippen MR) is 65.8 cm³/mol. The minimum Gasteiger partial charge on any atom is -0.481 e. The maximum atomic E-state index is 13.6. The molecule has 7 heteroatoms. The number of halogens is 2. The lowest BCUT2D eigenvalue weighted by molar-refractivity contribution is 0.155. The molecule has 0 saturated heterocycles. The molecule has 0 aliphatic carbocycles. The van der Waals surface area contributed by atoms with Gasteiger partial charge in [0.05, 0.1) is 0 Å². The average molecular weight is 284 g/mol. The van der Waals surface area contributed by atoms with Gasteiger partial charge in [0.2, 0.25) is 0 Å². The molecule has 0 radical (unpaired) electrons. The Labute approximate surface area is 114 Å². The van der Waals surface area contributed by atoms with Crippen molar-refractivity contribution >= 4 is 0 Å². The summed E-state index contributed by atoms with van der Waals surface area (Å²) in [6, 6.07) is 3.86. The first kappa shape index (κ1) is 14.4. The van der Waals surface area contributed by atoms with Gasteiger partial charge in [-0.1, -0.05) is 5.16 Å². The highest BCUT2D eigenvalue weighted by molar-refractivity contribution is 5.31. The lowest BCUT2D eigenvalue weighted by Gasteiger charge is -2.08. The molecule has 0 aliphatic heterocycles. The van der Waals surface area contributed by atoms with Crippen LogP contribution in [0.5, 0.6) is 5.75 Å². The Morgan fingerprint density at radius 1 is 1.20 bits per heavy atom. The summed E-state index contributed by atoms with van der Waals surface area (Å²) in [7, 11) is 1.52. The van der Waals surface area contributed by atoms with Gasteiger partial charge in [0.15, 0.2) is 23.1 Å². The number of hydrogen-bond donors (Lipinski definition) is 1. The van der Waals surface area contributed by atoms with Crippen molar-refractivity contribution in [2.24, 2.45) is 5.73 Å². The summed E-state index contributed by atoms with van der Waals surface area (Å²) in [5.74, 6) is -1.55. The summed E-state index contributed by atoms with van der Waals surface area (Å²) < 4.78 is 42.2. The van der Waals surface area contributed by atoms with E-state index in [1.54, 1.807) is 6.07 Å². The van der Waals surface area contributed by atoms with Gasteiger partial charge < -0.3 is 19.7 Å². The van der Waals surface area contributed by atoms with Crippen molar-refractivity contribution < 1.29 is 22.8 Å². The Kier molecular flexibility index (Phi) is 4.65. The molecule has 1 aromatic carbocycles. The number of nitrogens with zero attached hydrogens (tertiary/aromatic N) is 1. The molecule has 1 heterocycles. The molecule has 0 amide bonds. The van der Waals surface area contributed by atoms with Crippen molar-refractivity contribution in [2.75, 3.05) is 7.11 Å². The Bertz CT molecular complexity index is 564. The second-order valence-corrected chi connectivity index (χ2v) is 4.10. The molecule has 20 heavy (non-hydrogen) atoms. The van der Waals surface area contributed by atoms with Gasteiger partial charge in [0.25, 0.3) is 0 Å². The van der Waals surface area contributed by atoms with E-state index < -0.39 is 17.4 Å². The van der Waals surface area contributed by atoms with Crippen LogP contribution in [0, 0.1) is 11.6 Å². The van der Waals surface area contributed by atoms with Gasteiger partial charge in [-0.05, 0) is 17.7 Å². The van der Waals surface area contributed by atoms with Crippen molar-refractivity contribution in [2.45, 2.75) is 19.8 Å². The number of methoxy groups -OCH3 is 1. The highest BCUT2D eigenvalue weighted by atomic mass is 19.1. The summed E-state index contributed by atoms with van der Waals surface area (Å²) in [5, 5.41) is 3.70. The van der Waals surface area contributed by atoms with Gasteiger partial charge >= 0.3 is 0 Å². The maximum absolute atomic E-state index is 13.6. The van der Waals surface area contributed by atoms with Crippen molar-refractivity contribution in [1.82, 2.24) is 5.16 Å². The average Bonchev–Trinajstić information content (AvgIpc) is 2.85. The second-order valence-electron chi connectivity index (χ2n) is 4.10. The first-order chi connectivity index (χ1) is 9.63. The Hall–Kier alpha value is -1.99. The molecule has 0 bridgehead atoms. The second kappa shape index (κ2) is 6.44. The van der Waals surface area contributed by atoms with Crippen molar-refractivity contribution in [1.29, 1.82) is 0 Å². The number of nitrogens with two attached hydrogens (primary N) is 1. The molecule has 2 rings (SSSR count). The van der Waals surface area contributed by atoms with Crippen LogP contribution in [0.4, 0.5) is 8.78 Å². The topological polar surface area (TPSA) is 70.5 Å². The third-order valence-electron chi connectivity index (χ3n) is 2.55. The number of hydrogen-bond acceptors (Lipinski definition) is 5. The van der Waals surface area contributed by atoms with Gasteiger partial charge in [0, 0.05) is 19.7 Å². The van der Waals surface area contributed by atoms with Crippen molar-refractivity contribution in [3.05, 3.63) is 46.9 Å². The molecule has 0 aliphatic rings. The van der Waals surface area contributed by atoms with Gasteiger partial charge in [-0.3, -0.25) is 0 Å². The number of rotatable bonds is 6. The lowest BCUT2D eigenvalue weighted by Crippen LogP contribution is -2.03. The molecule has 5 nitrogen and oxygen atoms in total. The van der Waals surface area contributed by atoms with Crippen LogP contribution in [0.1, 0.15) is 17.0 Å². The van der Waals surface area contributed by atoms with Crippen LogP contribution < -0.4 is 10.5 Å². The minimum atomic E-state index is -0.800. The molecule has 0 unspecified atom stereocenters. The number of benzene rings is 1. The zero-order valence-corrected chi connectivity index (χ0v) is 10.9. The number of aromatic nitrogens is 1. The van der Waals surface area contributed by atoms with E-state index >= 15 is 0 Å². The molecule has 0 saturated carbocycles. The smallest absolute Gasteiger partial charge is 0.191 e. The van der Waals surface area contributed by atoms with Crippen molar-refractivity contribution in [3.8, 4) is 5.75 Å². The maximum Gasteiger partial charge on any atom is 0.191 e. The zero-order valence-electron chi connectivity index (χ0n) is 10.9. The van der Waals surface area contributed by atoms with E-state index in [-0.39, 0.29) is 19.8 Å². The van der Waals surface area contributed by atoms with Crippen LogP contribution in [-0.4, -0.2) is 12.3 Å². The van der Waals surface area contributed by atoms with Crippen LogP contribution in [0.15, 0.2) is 22.7 Å². The third-order valence-corrected chi connectivity index (χ3v) is 2.55. The van der Waals surface area contributed by atoms with Crippen LogP contribution in [0.3, 0.4) is 0 Å². The standard InChI is InChI=1S/C13H14F2N2O3/c1-18-7-10-4-9(17-20-10)6-19-13-11(14)2-8(5-16)3-12(13)15/h2-4H,5-7,16H2,1H3. The largest absolute Gasteiger partial charge is 0.481 e. The quantitative estimate of drug-likeness (QED) is 0.880. The van der Waals surface area contributed by atoms with Crippen molar-refractivity contribution in [3.63, 3.8) is 0 Å². The third kappa shape index (κ3) is 3.31. The first-order valence-electron chi connectivity index (χ1n) is 5.88.